The molecule has 0 bridgehead atoms. The van der Waals surface area contributed by atoms with Gasteiger partial charge in [0, 0.05) is 12.4 Å². The Kier molecular flexibility index (Phi) is 1.74. The number of hydrogen-bond acceptors (Lipinski definition) is 1. The molecule has 0 atom stereocenters. The van der Waals surface area contributed by atoms with E-state index in [1.165, 1.54) is 0 Å². The lowest BCUT2D eigenvalue weighted by Crippen LogP contribution is -1.86. The first-order valence-electron chi connectivity index (χ1n) is 4.05. The minimum atomic E-state index is 0.273. The summed E-state index contributed by atoms with van der Waals surface area (Å²) < 4.78 is 1.79. The van der Waals surface area contributed by atoms with Crippen LogP contribution in [0.15, 0.2) is 18.2 Å². The van der Waals surface area contributed by atoms with Crippen LogP contribution < -0.4 is 0 Å². The first kappa shape index (κ1) is 8.45. The molecule has 0 fully saturated rings. The largest absolute Gasteiger partial charge is 0.506 e. The maximum atomic E-state index is 9.61. The summed E-state index contributed by atoms with van der Waals surface area (Å²) in [5, 5.41) is 11.3. The lowest BCUT2D eigenvalue weighted by atomic mass is 10.2. The minimum absolute atomic E-state index is 0.273. The molecule has 2 rings (SSSR count). The highest BCUT2D eigenvalue weighted by molar-refractivity contribution is 6.32. The molecule has 1 aromatic carbocycles. The first-order valence-corrected chi connectivity index (χ1v) is 4.43. The molecule has 0 aliphatic rings. The van der Waals surface area contributed by atoms with Crippen molar-refractivity contribution in [1.82, 2.24) is 4.57 Å². The zero-order chi connectivity index (χ0) is 9.59. The summed E-state index contributed by atoms with van der Waals surface area (Å²) in [5.74, 6) is 0.273. The Hall–Kier alpha value is -1.15. The molecule has 68 valence electrons. The Morgan fingerprint density at radius 1 is 1.38 bits per heavy atom. The number of phenols is 1. The van der Waals surface area contributed by atoms with E-state index in [0.29, 0.717) is 5.15 Å². The molecule has 1 heterocycles. The Morgan fingerprint density at radius 3 is 2.69 bits per heavy atom. The number of aryl methyl sites for hydroxylation is 2. The number of para-hydroxylation sites is 1. The molecule has 0 amide bonds. The minimum Gasteiger partial charge on any atom is -0.506 e. The lowest BCUT2D eigenvalue weighted by Gasteiger charge is -1.99. The molecular weight excluding hydrogens is 186 g/mol. The molecule has 0 radical (unpaired) electrons. The van der Waals surface area contributed by atoms with Gasteiger partial charge in [-0.15, -0.1) is 0 Å². The highest BCUT2D eigenvalue weighted by Gasteiger charge is 2.11. The number of aromatic nitrogens is 1. The van der Waals surface area contributed by atoms with Gasteiger partial charge < -0.3 is 9.67 Å². The van der Waals surface area contributed by atoms with Crippen LogP contribution in [0.1, 0.15) is 5.56 Å². The number of rotatable bonds is 0. The summed E-state index contributed by atoms with van der Waals surface area (Å²) in [4.78, 5) is 0. The van der Waals surface area contributed by atoms with E-state index in [9.17, 15) is 5.11 Å². The number of nitrogens with zero attached hydrogens (tertiary/aromatic N) is 1. The van der Waals surface area contributed by atoms with Crippen molar-refractivity contribution < 1.29 is 5.11 Å². The fraction of sp³-hybridized carbons (Fsp3) is 0.200. The summed E-state index contributed by atoms with van der Waals surface area (Å²) in [7, 11) is 1.84. The second kappa shape index (κ2) is 2.67. The zero-order valence-electron chi connectivity index (χ0n) is 7.50. The Balaban J connectivity index is 3.03. The normalized spacial score (nSPS) is 11.0. The molecular formula is C10H10ClNO. The van der Waals surface area contributed by atoms with Crippen LogP contribution in [-0.2, 0) is 7.05 Å². The summed E-state index contributed by atoms with van der Waals surface area (Å²) in [5.41, 5.74) is 1.81. The Labute approximate surface area is 81.4 Å². The van der Waals surface area contributed by atoms with Crippen molar-refractivity contribution in [3.63, 3.8) is 0 Å². The van der Waals surface area contributed by atoms with E-state index in [0.717, 1.165) is 16.5 Å². The number of phenolic OH excluding ortho intramolecular Hbond substituents is 1. The monoisotopic (exact) mass is 195 g/mol. The average molecular weight is 196 g/mol. The SMILES string of the molecule is Cc1c(Cl)n(C)c2c(O)cccc12. The van der Waals surface area contributed by atoms with E-state index in [1.807, 2.05) is 26.1 Å². The van der Waals surface area contributed by atoms with Gasteiger partial charge in [-0.3, -0.25) is 0 Å². The van der Waals surface area contributed by atoms with Gasteiger partial charge in [0.05, 0.1) is 5.52 Å². The fourth-order valence-corrected chi connectivity index (χ4v) is 1.83. The van der Waals surface area contributed by atoms with Crippen molar-refractivity contribution in [3.8, 4) is 5.75 Å². The topological polar surface area (TPSA) is 25.2 Å². The molecule has 2 aromatic rings. The van der Waals surface area contributed by atoms with E-state index < -0.39 is 0 Å². The summed E-state index contributed by atoms with van der Waals surface area (Å²) in [6.45, 7) is 1.95. The van der Waals surface area contributed by atoms with Gasteiger partial charge in [-0.25, -0.2) is 0 Å². The standard InChI is InChI=1S/C10H10ClNO/c1-6-7-4-3-5-8(13)9(7)12(2)10(6)11/h3-5,13H,1-2H3. The van der Waals surface area contributed by atoms with E-state index >= 15 is 0 Å². The van der Waals surface area contributed by atoms with E-state index in [2.05, 4.69) is 0 Å². The Bertz CT molecular complexity index is 473. The molecule has 0 saturated heterocycles. The number of benzene rings is 1. The van der Waals surface area contributed by atoms with Gasteiger partial charge in [0.2, 0.25) is 0 Å². The molecule has 2 nitrogen and oxygen atoms in total. The van der Waals surface area contributed by atoms with Crippen LogP contribution in [0.3, 0.4) is 0 Å². The zero-order valence-corrected chi connectivity index (χ0v) is 8.26. The van der Waals surface area contributed by atoms with Crippen LogP contribution >= 0.6 is 11.6 Å². The molecule has 1 N–H and O–H groups in total. The summed E-state index contributed by atoms with van der Waals surface area (Å²) in [6, 6.07) is 5.44. The van der Waals surface area contributed by atoms with Crippen LogP contribution in [0, 0.1) is 6.92 Å². The first-order chi connectivity index (χ1) is 6.13. The van der Waals surface area contributed by atoms with Gasteiger partial charge in [0.1, 0.15) is 10.9 Å². The van der Waals surface area contributed by atoms with Gasteiger partial charge in [0.15, 0.2) is 0 Å². The van der Waals surface area contributed by atoms with Gasteiger partial charge in [-0.1, -0.05) is 23.7 Å². The summed E-state index contributed by atoms with van der Waals surface area (Å²) >= 11 is 6.04. The van der Waals surface area contributed by atoms with E-state index in [-0.39, 0.29) is 5.75 Å². The van der Waals surface area contributed by atoms with Crippen LogP contribution in [0.25, 0.3) is 10.9 Å². The predicted molar refractivity (Wildman–Crippen MR) is 54.3 cm³/mol. The van der Waals surface area contributed by atoms with E-state index in [4.69, 9.17) is 11.6 Å². The number of halogens is 1. The number of aromatic hydroxyl groups is 1. The quantitative estimate of drug-likeness (QED) is 0.687. The van der Waals surface area contributed by atoms with Crippen molar-refractivity contribution in [2.75, 3.05) is 0 Å². The van der Waals surface area contributed by atoms with Crippen molar-refractivity contribution in [2.45, 2.75) is 6.92 Å². The third kappa shape index (κ3) is 1.02. The van der Waals surface area contributed by atoms with Crippen molar-refractivity contribution in [3.05, 3.63) is 28.9 Å². The molecule has 13 heavy (non-hydrogen) atoms. The lowest BCUT2D eigenvalue weighted by molar-refractivity contribution is 0.479. The molecule has 1 aromatic heterocycles. The van der Waals surface area contributed by atoms with Gasteiger partial charge >= 0.3 is 0 Å². The second-order valence-corrected chi connectivity index (χ2v) is 3.51. The smallest absolute Gasteiger partial charge is 0.139 e. The molecule has 0 saturated carbocycles. The highest BCUT2D eigenvalue weighted by atomic mass is 35.5. The fourth-order valence-electron chi connectivity index (χ4n) is 1.65. The second-order valence-electron chi connectivity index (χ2n) is 3.15. The van der Waals surface area contributed by atoms with Gasteiger partial charge in [0.25, 0.3) is 0 Å². The molecule has 0 spiro atoms. The van der Waals surface area contributed by atoms with Crippen molar-refractivity contribution in [2.24, 2.45) is 7.05 Å². The number of fused-ring (bicyclic) bond motifs is 1. The van der Waals surface area contributed by atoms with Gasteiger partial charge in [-0.2, -0.15) is 0 Å². The van der Waals surface area contributed by atoms with Crippen molar-refractivity contribution >= 4 is 22.5 Å². The van der Waals surface area contributed by atoms with Gasteiger partial charge in [-0.05, 0) is 18.6 Å². The van der Waals surface area contributed by atoms with Crippen LogP contribution in [0.4, 0.5) is 0 Å². The van der Waals surface area contributed by atoms with Crippen LogP contribution in [0.2, 0.25) is 5.15 Å². The van der Waals surface area contributed by atoms with Crippen molar-refractivity contribution in [1.29, 1.82) is 0 Å². The third-order valence-electron chi connectivity index (χ3n) is 2.36. The van der Waals surface area contributed by atoms with Crippen LogP contribution in [0.5, 0.6) is 5.75 Å². The van der Waals surface area contributed by atoms with Crippen LogP contribution in [-0.4, -0.2) is 9.67 Å². The third-order valence-corrected chi connectivity index (χ3v) is 2.90. The Morgan fingerprint density at radius 2 is 2.08 bits per heavy atom. The molecule has 0 aliphatic carbocycles. The maximum absolute atomic E-state index is 9.61. The maximum Gasteiger partial charge on any atom is 0.139 e. The molecule has 3 heteroatoms. The van der Waals surface area contributed by atoms with E-state index in [1.54, 1.807) is 10.6 Å². The highest BCUT2D eigenvalue weighted by Crippen LogP contribution is 2.33. The molecule has 0 aliphatic heterocycles. The average Bonchev–Trinajstić information content (AvgIpc) is 2.33. The number of hydrogen-bond donors (Lipinski definition) is 1. The molecule has 0 unspecified atom stereocenters. The predicted octanol–water partition coefficient (Wildman–Crippen LogP) is 2.85. The summed E-state index contributed by atoms with van der Waals surface area (Å²) in [6.07, 6.45) is 0.